The third-order valence-electron chi connectivity index (χ3n) is 6.26. The molecule has 38 heavy (non-hydrogen) atoms. The first kappa shape index (κ1) is 24.7. The number of fused-ring (bicyclic) bond motifs is 1. The Balaban J connectivity index is 1.67. The summed E-state index contributed by atoms with van der Waals surface area (Å²) in [6.45, 7) is 1.82. The molecule has 1 atom stereocenters. The fraction of sp³-hybridized carbons (Fsp3) is 0.179. The summed E-state index contributed by atoms with van der Waals surface area (Å²) in [5.41, 5.74) is 3.12. The van der Waals surface area contributed by atoms with E-state index < -0.39 is 6.04 Å². The number of aromatic hydroxyl groups is 1. The number of carbonyl (C=O) groups excluding carboxylic acids is 1. The highest BCUT2D eigenvalue weighted by Gasteiger charge is 2.36. The summed E-state index contributed by atoms with van der Waals surface area (Å²) in [5, 5.41) is 20.7. The number of carbonyl (C=O) groups is 1. The van der Waals surface area contributed by atoms with Crippen molar-refractivity contribution in [3.05, 3.63) is 83.6 Å². The molecular formula is C28H27N5O5. The lowest BCUT2D eigenvalue weighted by atomic mass is 9.94. The normalized spacial score (nSPS) is 14.4. The van der Waals surface area contributed by atoms with E-state index in [1.54, 1.807) is 41.1 Å². The molecule has 0 radical (unpaired) electrons. The van der Waals surface area contributed by atoms with Crippen molar-refractivity contribution in [1.82, 2.24) is 14.8 Å². The van der Waals surface area contributed by atoms with Gasteiger partial charge in [0.2, 0.25) is 11.7 Å². The summed E-state index contributed by atoms with van der Waals surface area (Å²) in [6, 6.07) is 18.8. The minimum atomic E-state index is -0.679. The molecule has 0 spiro atoms. The summed E-state index contributed by atoms with van der Waals surface area (Å²) in [7, 11) is 4.61. The number of benzene rings is 3. The van der Waals surface area contributed by atoms with Gasteiger partial charge in [-0.1, -0.05) is 18.2 Å². The average Bonchev–Trinajstić information content (AvgIpc) is 3.35. The van der Waals surface area contributed by atoms with Crippen LogP contribution in [0.4, 0.5) is 11.6 Å². The number of aromatic nitrogens is 3. The first-order valence-corrected chi connectivity index (χ1v) is 11.8. The maximum Gasteiger partial charge on any atom is 0.255 e. The third kappa shape index (κ3) is 4.47. The minimum absolute atomic E-state index is 0.142. The van der Waals surface area contributed by atoms with Crippen molar-refractivity contribution in [2.24, 2.45) is 0 Å². The van der Waals surface area contributed by atoms with Crippen molar-refractivity contribution in [3.63, 3.8) is 0 Å². The van der Waals surface area contributed by atoms with E-state index in [0.717, 1.165) is 0 Å². The number of amides is 1. The van der Waals surface area contributed by atoms with Crippen LogP contribution in [0.2, 0.25) is 0 Å². The molecule has 0 bridgehead atoms. The predicted octanol–water partition coefficient (Wildman–Crippen LogP) is 4.60. The second-order valence-electron chi connectivity index (χ2n) is 8.60. The van der Waals surface area contributed by atoms with E-state index in [0.29, 0.717) is 57.1 Å². The lowest BCUT2D eigenvalue weighted by Gasteiger charge is -2.29. The van der Waals surface area contributed by atoms with E-state index in [1.165, 1.54) is 21.3 Å². The van der Waals surface area contributed by atoms with E-state index in [9.17, 15) is 9.90 Å². The van der Waals surface area contributed by atoms with Crippen molar-refractivity contribution < 1.29 is 24.1 Å². The molecule has 0 saturated carbocycles. The molecule has 0 aliphatic carbocycles. The van der Waals surface area contributed by atoms with Crippen molar-refractivity contribution in [2.45, 2.75) is 13.0 Å². The zero-order valence-electron chi connectivity index (χ0n) is 21.4. The van der Waals surface area contributed by atoms with Crippen molar-refractivity contribution in [1.29, 1.82) is 0 Å². The SMILES string of the molecule is COc1cc(C2C(C(=O)Nc3ccccc3)=C(C)Nc3nc(-c4ccc(O)cc4)nn32)cc(OC)c1OC. The molecule has 1 amide bonds. The highest BCUT2D eigenvalue weighted by molar-refractivity contribution is 6.06. The Kier molecular flexibility index (Phi) is 6.61. The second-order valence-corrected chi connectivity index (χ2v) is 8.60. The van der Waals surface area contributed by atoms with Crippen LogP contribution < -0.4 is 24.8 Å². The number of nitrogens with one attached hydrogen (secondary N) is 2. The average molecular weight is 514 g/mol. The van der Waals surface area contributed by atoms with Gasteiger partial charge in [0.25, 0.3) is 5.91 Å². The lowest BCUT2D eigenvalue weighted by molar-refractivity contribution is -0.113. The number of anilines is 2. The van der Waals surface area contributed by atoms with Gasteiger partial charge in [0.05, 0.1) is 26.9 Å². The summed E-state index contributed by atoms with van der Waals surface area (Å²) in [5.74, 6) is 2.06. The number of phenolic OH excluding ortho intramolecular Hbond substituents is 1. The first-order valence-electron chi connectivity index (χ1n) is 11.8. The monoisotopic (exact) mass is 513 g/mol. The number of hydrogen-bond donors (Lipinski definition) is 3. The fourth-order valence-corrected chi connectivity index (χ4v) is 4.47. The molecule has 1 aliphatic heterocycles. The number of phenols is 1. The number of hydrogen-bond acceptors (Lipinski definition) is 8. The highest BCUT2D eigenvalue weighted by Crippen LogP contribution is 2.44. The third-order valence-corrected chi connectivity index (χ3v) is 6.26. The Hall–Kier alpha value is -4.99. The topological polar surface area (TPSA) is 120 Å². The quantitative estimate of drug-likeness (QED) is 0.328. The van der Waals surface area contributed by atoms with E-state index in [2.05, 4.69) is 15.6 Å². The molecule has 10 nitrogen and oxygen atoms in total. The van der Waals surface area contributed by atoms with Crippen LogP contribution >= 0.6 is 0 Å². The molecule has 0 fully saturated rings. The van der Waals surface area contributed by atoms with Crippen LogP contribution in [0.15, 0.2) is 78.0 Å². The molecule has 4 aromatic rings. The molecule has 3 aromatic carbocycles. The first-order chi connectivity index (χ1) is 18.4. The van der Waals surface area contributed by atoms with Gasteiger partial charge < -0.3 is 30.0 Å². The van der Waals surface area contributed by atoms with Crippen LogP contribution in [0.1, 0.15) is 18.5 Å². The molecule has 1 aliphatic rings. The number of ether oxygens (including phenoxy) is 3. The summed E-state index contributed by atoms with van der Waals surface area (Å²) in [4.78, 5) is 18.4. The Morgan fingerprint density at radius 2 is 1.63 bits per heavy atom. The van der Waals surface area contributed by atoms with E-state index in [4.69, 9.17) is 19.3 Å². The Morgan fingerprint density at radius 1 is 0.974 bits per heavy atom. The summed E-state index contributed by atoms with van der Waals surface area (Å²) >= 11 is 0. The molecular weight excluding hydrogens is 486 g/mol. The molecule has 3 N–H and O–H groups in total. The lowest BCUT2D eigenvalue weighted by Crippen LogP contribution is -2.31. The van der Waals surface area contributed by atoms with Crippen LogP contribution in [0.3, 0.4) is 0 Å². The molecule has 0 saturated heterocycles. The Labute approximate surface area is 219 Å². The minimum Gasteiger partial charge on any atom is -0.508 e. The van der Waals surface area contributed by atoms with Gasteiger partial charge in [-0.15, -0.1) is 5.10 Å². The standard InChI is InChI=1S/C28H27N5O5/c1-16-23(27(35)30-19-8-6-5-7-9-19)24(18-14-21(36-2)25(38-4)22(15-18)37-3)33-28(29-16)31-26(32-33)17-10-12-20(34)13-11-17/h5-15,24,34H,1-4H3,(H,30,35)(H,29,31,32). The van der Waals surface area contributed by atoms with Crippen LogP contribution in [0, 0.1) is 0 Å². The molecule has 1 aromatic heterocycles. The highest BCUT2D eigenvalue weighted by atomic mass is 16.5. The molecule has 2 heterocycles. The number of allylic oxidation sites excluding steroid dienone is 1. The zero-order valence-corrected chi connectivity index (χ0v) is 21.4. The Morgan fingerprint density at radius 3 is 2.24 bits per heavy atom. The van der Waals surface area contributed by atoms with Crippen molar-refractivity contribution >= 4 is 17.5 Å². The number of rotatable bonds is 7. The predicted molar refractivity (Wildman–Crippen MR) is 143 cm³/mol. The van der Waals surface area contributed by atoms with Gasteiger partial charge in [-0.25, -0.2) is 4.68 Å². The molecule has 5 rings (SSSR count). The van der Waals surface area contributed by atoms with E-state index >= 15 is 0 Å². The van der Waals surface area contributed by atoms with E-state index in [-0.39, 0.29) is 11.7 Å². The van der Waals surface area contributed by atoms with Gasteiger partial charge in [0, 0.05) is 16.9 Å². The van der Waals surface area contributed by atoms with E-state index in [1.807, 2.05) is 37.3 Å². The molecule has 1 unspecified atom stereocenters. The van der Waals surface area contributed by atoms with Crippen LogP contribution in [0.25, 0.3) is 11.4 Å². The van der Waals surface area contributed by atoms with Gasteiger partial charge in [-0.05, 0) is 61.0 Å². The number of para-hydroxylation sites is 1. The summed E-state index contributed by atoms with van der Waals surface area (Å²) in [6.07, 6.45) is 0. The number of methoxy groups -OCH3 is 3. The van der Waals surface area contributed by atoms with Crippen LogP contribution in [-0.2, 0) is 4.79 Å². The second kappa shape index (κ2) is 10.2. The summed E-state index contributed by atoms with van der Waals surface area (Å²) < 4.78 is 18.4. The smallest absolute Gasteiger partial charge is 0.255 e. The van der Waals surface area contributed by atoms with Crippen LogP contribution in [-0.4, -0.2) is 47.1 Å². The number of nitrogens with zero attached hydrogens (tertiary/aromatic N) is 3. The zero-order chi connectivity index (χ0) is 26.8. The molecule has 10 heteroatoms. The van der Waals surface area contributed by atoms with Gasteiger partial charge in [-0.3, -0.25) is 4.79 Å². The van der Waals surface area contributed by atoms with Crippen molar-refractivity contribution in [2.75, 3.05) is 32.0 Å². The fourth-order valence-electron chi connectivity index (χ4n) is 4.47. The Bertz CT molecular complexity index is 1490. The molecule has 194 valence electrons. The largest absolute Gasteiger partial charge is 0.508 e. The van der Waals surface area contributed by atoms with Crippen LogP contribution in [0.5, 0.6) is 23.0 Å². The van der Waals surface area contributed by atoms with Gasteiger partial charge in [-0.2, -0.15) is 4.98 Å². The van der Waals surface area contributed by atoms with Crippen molar-refractivity contribution in [3.8, 4) is 34.4 Å². The maximum absolute atomic E-state index is 13.7. The van der Waals surface area contributed by atoms with Gasteiger partial charge in [0.15, 0.2) is 17.3 Å². The van der Waals surface area contributed by atoms with Gasteiger partial charge in [0.1, 0.15) is 11.8 Å². The maximum atomic E-state index is 13.7. The van der Waals surface area contributed by atoms with Gasteiger partial charge >= 0.3 is 0 Å².